The molecule has 2 fully saturated rings. The molecule has 0 aromatic heterocycles. The van der Waals surface area contributed by atoms with E-state index in [1.54, 1.807) is 0 Å². The lowest BCUT2D eigenvalue weighted by Crippen LogP contribution is -2.49. The van der Waals surface area contributed by atoms with Crippen molar-refractivity contribution in [1.29, 1.82) is 0 Å². The van der Waals surface area contributed by atoms with Crippen LogP contribution in [0.5, 0.6) is 0 Å². The Morgan fingerprint density at radius 2 is 1.95 bits per heavy atom. The van der Waals surface area contributed by atoms with E-state index in [2.05, 4.69) is 24.1 Å². The molecule has 124 valence electrons. The van der Waals surface area contributed by atoms with Crippen molar-refractivity contribution in [2.75, 3.05) is 26.2 Å². The molecule has 1 aliphatic carbocycles. The zero-order valence-corrected chi connectivity index (χ0v) is 14.2. The molecule has 0 aromatic carbocycles. The Morgan fingerprint density at radius 3 is 2.71 bits per heavy atom. The molecule has 0 aromatic rings. The van der Waals surface area contributed by atoms with Gasteiger partial charge in [0.2, 0.25) is 0 Å². The molecular formula is C18H36N2O. The number of likely N-dealkylation sites (tertiary alicyclic amines) is 1. The Labute approximate surface area is 131 Å². The van der Waals surface area contributed by atoms with Crippen LogP contribution in [0.15, 0.2) is 0 Å². The van der Waals surface area contributed by atoms with Crippen molar-refractivity contribution < 1.29 is 5.11 Å². The van der Waals surface area contributed by atoms with Gasteiger partial charge in [0, 0.05) is 11.6 Å². The van der Waals surface area contributed by atoms with Gasteiger partial charge < -0.3 is 15.3 Å². The number of piperidine rings is 1. The first kappa shape index (κ1) is 17.2. The van der Waals surface area contributed by atoms with Crippen LogP contribution in [-0.2, 0) is 0 Å². The molecule has 2 N–H and O–H groups in total. The van der Waals surface area contributed by atoms with E-state index in [-0.39, 0.29) is 12.1 Å². The monoisotopic (exact) mass is 296 g/mol. The van der Waals surface area contributed by atoms with Gasteiger partial charge in [0.15, 0.2) is 0 Å². The quantitative estimate of drug-likeness (QED) is 0.722. The Kier molecular flexibility index (Phi) is 6.97. The van der Waals surface area contributed by atoms with E-state index in [1.807, 2.05) is 0 Å². The SMILES string of the molecule is CCCNC(C)(CO)CCCN1CCC[C@H]2CCCC[C@H]21. The number of nitrogens with zero attached hydrogens (tertiary/aromatic N) is 1. The summed E-state index contributed by atoms with van der Waals surface area (Å²) >= 11 is 0. The number of nitrogens with one attached hydrogen (secondary N) is 1. The van der Waals surface area contributed by atoms with Crippen molar-refractivity contribution in [3.8, 4) is 0 Å². The first-order valence-corrected chi connectivity index (χ1v) is 9.28. The smallest absolute Gasteiger partial charge is 0.0610 e. The number of hydrogen-bond donors (Lipinski definition) is 2. The maximum Gasteiger partial charge on any atom is 0.0610 e. The molecule has 0 radical (unpaired) electrons. The second-order valence-corrected chi connectivity index (χ2v) is 7.54. The summed E-state index contributed by atoms with van der Waals surface area (Å²) in [6.07, 6.45) is 12.1. The number of fused-ring (bicyclic) bond motifs is 1. The largest absolute Gasteiger partial charge is 0.394 e. The van der Waals surface area contributed by atoms with Gasteiger partial charge in [0.25, 0.3) is 0 Å². The molecule has 3 heteroatoms. The molecule has 1 heterocycles. The lowest BCUT2D eigenvalue weighted by atomic mass is 9.78. The molecule has 1 aliphatic heterocycles. The summed E-state index contributed by atoms with van der Waals surface area (Å²) in [5.41, 5.74) is -0.0856. The lowest BCUT2D eigenvalue weighted by Gasteiger charge is -2.44. The van der Waals surface area contributed by atoms with Gasteiger partial charge in [-0.15, -0.1) is 0 Å². The minimum absolute atomic E-state index is 0.0856. The molecule has 1 unspecified atom stereocenters. The van der Waals surface area contributed by atoms with Gasteiger partial charge in [-0.3, -0.25) is 0 Å². The second kappa shape index (κ2) is 8.50. The van der Waals surface area contributed by atoms with E-state index in [0.29, 0.717) is 0 Å². The summed E-state index contributed by atoms with van der Waals surface area (Å²) in [5, 5.41) is 13.2. The molecule has 3 nitrogen and oxygen atoms in total. The van der Waals surface area contributed by atoms with Crippen LogP contribution in [0.25, 0.3) is 0 Å². The topological polar surface area (TPSA) is 35.5 Å². The maximum absolute atomic E-state index is 9.66. The average Bonchev–Trinajstić information content (AvgIpc) is 2.53. The van der Waals surface area contributed by atoms with Gasteiger partial charge in [-0.2, -0.15) is 0 Å². The van der Waals surface area contributed by atoms with E-state index in [4.69, 9.17) is 0 Å². The van der Waals surface area contributed by atoms with Crippen molar-refractivity contribution in [2.45, 2.75) is 83.2 Å². The minimum atomic E-state index is -0.0856. The summed E-state index contributed by atoms with van der Waals surface area (Å²) in [4.78, 5) is 2.77. The molecular weight excluding hydrogens is 260 g/mol. The summed E-state index contributed by atoms with van der Waals surface area (Å²) in [6.45, 7) is 8.14. The summed E-state index contributed by atoms with van der Waals surface area (Å²) in [7, 11) is 0. The fraction of sp³-hybridized carbons (Fsp3) is 1.00. The Morgan fingerprint density at radius 1 is 1.19 bits per heavy atom. The number of rotatable bonds is 8. The van der Waals surface area contributed by atoms with Crippen LogP contribution in [-0.4, -0.2) is 47.8 Å². The predicted molar refractivity (Wildman–Crippen MR) is 89.6 cm³/mol. The second-order valence-electron chi connectivity index (χ2n) is 7.54. The van der Waals surface area contributed by atoms with Crippen LogP contribution in [0.4, 0.5) is 0 Å². The van der Waals surface area contributed by atoms with Gasteiger partial charge in [-0.1, -0.05) is 19.8 Å². The van der Waals surface area contributed by atoms with Crippen molar-refractivity contribution in [3.63, 3.8) is 0 Å². The molecule has 3 atom stereocenters. The molecule has 1 saturated carbocycles. The van der Waals surface area contributed by atoms with Gasteiger partial charge in [0.05, 0.1) is 6.61 Å². The molecule has 0 bridgehead atoms. The van der Waals surface area contributed by atoms with E-state index < -0.39 is 0 Å². The van der Waals surface area contributed by atoms with E-state index in [9.17, 15) is 5.11 Å². The number of hydrogen-bond acceptors (Lipinski definition) is 3. The van der Waals surface area contributed by atoms with Crippen molar-refractivity contribution in [1.82, 2.24) is 10.2 Å². The van der Waals surface area contributed by atoms with Crippen LogP contribution in [0.3, 0.4) is 0 Å². The van der Waals surface area contributed by atoms with E-state index in [0.717, 1.165) is 31.3 Å². The zero-order valence-electron chi connectivity index (χ0n) is 14.2. The summed E-state index contributed by atoms with van der Waals surface area (Å²) < 4.78 is 0. The predicted octanol–water partition coefficient (Wildman–Crippen LogP) is 3.17. The van der Waals surface area contributed by atoms with Crippen LogP contribution in [0.1, 0.15) is 71.6 Å². The van der Waals surface area contributed by atoms with Crippen molar-refractivity contribution >= 4 is 0 Å². The molecule has 21 heavy (non-hydrogen) atoms. The molecule has 0 amide bonds. The standard InChI is InChI=1S/C18H36N2O/c1-3-12-19-18(2,15-21)11-7-14-20-13-6-9-16-8-4-5-10-17(16)20/h16-17,19,21H,3-15H2,1-2H3/t16-,17-,18?/m1/s1. The highest BCUT2D eigenvalue weighted by atomic mass is 16.3. The Balaban J connectivity index is 1.76. The van der Waals surface area contributed by atoms with Gasteiger partial charge in [-0.05, 0) is 77.4 Å². The fourth-order valence-electron chi connectivity index (χ4n) is 4.33. The van der Waals surface area contributed by atoms with Crippen molar-refractivity contribution in [3.05, 3.63) is 0 Å². The fourth-order valence-corrected chi connectivity index (χ4v) is 4.33. The minimum Gasteiger partial charge on any atom is -0.394 e. The zero-order chi connectivity index (χ0) is 15.1. The van der Waals surface area contributed by atoms with Gasteiger partial charge >= 0.3 is 0 Å². The van der Waals surface area contributed by atoms with E-state index in [1.165, 1.54) is 58.0 Å². The van der Waals surface area contributed by atoms with Gasteiger partial charge in [-0.25, -0.2) is 0 Å². The van der Waals surface area contributed by atoms with Crippen LogP contribution in [0.2, 0.25) is 0 Å². The van der Waals surface area contributed by atoms with Crippen LogP contribution >= 0.6 is 0 Å². The average molecular weight is 296 g/mol. The first-order chi connectivity index (χ1) is 10.2. The first-order valence-electron chi connectivity index (χ1n) is 9.28. The summed E-state index contributed by atoms with van der Waals surface area (Å²) in [5.74, 6) is 0.981. The lowest BCUT2D eigenvalue weighted by molar-refractivity contribution is 0.0559. The van der Waals surface area contributed by atoms with Crippen LogP contribution < -0.4 is 5.32 Å². The Bertz CT molecular complexity index is 295. The van der Waals surface area contributed by atoms with Gasteiger partial charge in [0.1, 0.15) is 0 Å². The summed E-state index contributed by atoms with van der Waals surface area (Å²) in [6, 6.07) is 0.872. The highest BCUT2D eigenvalue weighted by Crippen LogP contribution is 2.35. The molecule has 1 saturated heterocycles. The molecule has 2 rings (SSSR count). The highest BCUT2D eigenvalue weighted by molar-refractivity contribution is 4.88. The third kappa shape index (κ3) is 4.94. The maximum atomic E-state index is 9.66. The number of aliphatic hydroxyl groups is 1. The Hall–Kier alpha value is -0.120. The highest BCUT2D eigenvalue weighted by Gasteiger charge is 2.33. The third-order valence-electron chi connectivity index (χ3n) is 5.68. The van der Waals surface area contributed by atoms with Crippen molar-refractivity contribution in [2.24, 2.45) is 5.92 Å². The third-order valence-corrected chi connectivity index (χ3v) is 5.68. The normalized spacial score (nSPS) is 29.9. The van der Waals surface area contributed by atoms with Crippen LogP contribution in [0, 0.1) is 5.92 Å². The van der Waals surface area contributed by atoms with E-state index >= 15 is 0 Å². The number of aliphatic hydroxyl groups excluding tert-OH is 1. The molecule has 2 aliphatic rings. The molecule has 0 spiro atoms.